The summed E-state index contributed by atoms with van der Waals surface area (Å²) >= 11 is 2.28. The highest BCUT2D eigenvalue weighted by molar-refractivity contribution is 14.1. The van der Waals surface area contributed by atoms with Gasteiger partial charge in [-0.2, -0.15) is 0 Å². The minimum Gasteiger partial charge on any atom is -0.497 e. The fourth-order valence-corrected chi connectivity index (χ4v) is 2.86. The topological polar surface area (TPSA) is 68.1 Å². The average Bonchev–Trinajstić information content (AvgIpc) is 2.64. The van der Waals surface area contributed by atoms with E-state index in [2.05, 4.69) is 27.6 Å². The number of carbonyl (C=O) groups excluding carboxylic acids is 1. The molecular weight excluding hydrogens is 343 g/mol. The van der Waals surface area contributed by atoms with Crippen molar-refractivity contribution in [1.82, 2.24) is 4.98 Å². The number of hydrogen-bond donors (Lipinski definition) is 2. The molecule has 3 N–H and O–H groups in total. The van der Waals surface area contributed by atoms with Crippen LogP contribution in [0.2, 0.25) is 0 Å². The van der Waals surface area contributed by atoms with E-state index >= 15 is 0 Å². The van der Waals surface area contributed by atoms with E-state index in [1.807, 2.05) is 18.2 Å². The largest absolute Gasteiger partial charge is 0.497 e. The average molecular weight is 358 g/mol. The summed E-state index contributed by atoms with van der Waals surface area (Å²) in [4.78, 5) is 14.1. The van der Waals surface area contributed by atoms with Crippen LogP contribution in [0.25, 0.3) is 10.9 Å². The van der Waals surface area contributed by atoms with E-state index in [9.17, 15) is 4.79 Å². The number of nitrogens with one attached hydrogen (secondary N) is 1. The molecule has 96 valence electrons. The number of nitrogens with two attached hydrogens (primary N) is 1. The second-order valence-corrected chi connectivity index (χ2v) is 5.23. The molecule has 0 unspecified atom stereocenters. The van der Waals surface area contributed by atoms with E-state index in [-0.39, 0.29) is 5.91 Å². The summed E-state index contributed by atoms with van der Waals surface area (Å²) < 4.78 is 6.35. The fraction of sp³-hybridized carbons (Fsp3) is 0.308. The lowest BCUT2D eigenvalue weighted by atomic mass is 10.1. The number of H-pyrrole nitrogens is 1. The normalized spacial score (nSPS) is 10.8. The first-order valence-electron chi connectivity index (χ1n) is 5.74. The zero-order valence-electron chi connectivity index (χ0n) is 10.1. The molecule has 0 spiro atoms. The third-order valence-corrected chi connectivity index (χ3v) is 3.83. The van der Waals surface area contributed by atoms with Crippen molar-refractivity contribution in [2.24, 2.45) is 5.73 Å². The number of aromatic amines is 1. The van der Waals surface area contributed by atoms with Crippen LogP contribution in [0, 0.1) is 3.70 Å². The predicted molar refractivity (Wildman–Crippen MR) is 79.7 cm³/mol. The van der Waals surface area contributed by atoms with Gasteiger partial charge in [0.15, 0.2) is 0 Å². The van der Waals surface area contributed by atoms with E-state index in [0.29, 0.717) is 6.42 Å². The SMILES string of the molecule is COc1ccc2[nH]c(I)c(CCCC(N)=O)c2c1. The molecule has 1 heterocycles. The zero-order valence-corrected chi connectivity index (χ0v) is 12.3. The summed E-state index contributed by atoms with van der Waals surface area (Å²) in [7, 11) is 1.66. The van der Waals surface area contributed by atoms with Crippen LogP contribution in [-0.2, 0) is 11.2 Å². The number of fused-ring (bicyclic) bond motifs is 1. The van der Waals surface area contributed by atoms with Crippen LogP contribution in [0.1, 0.15) is 18.4 Å². The number of methoxy groups -OCH3 is 1. The van der Waals surface area contributed by atoms with Crippen LogP contribution in [0.4, 0.5) is 0 Å². The van der Waals surface area contributed by atoms with Crippen molar-refractivity contribution in [1.29, 1.82) is 0 Å². The summed E-state index contributed by atoms with van der Waals surface area (Å²) in [6.45, 7) is 0. The molecule has 4 nitrogen and oxygen atoms in total. The van der Waals surface area contributed by atoms with Gasteiger partial charge in [0.1, 0.15) is 5.75 Å². The van der Waals surface area contributed by atoms with Gasteiger partial charge in [-0.15, -0.1) is 0 Å². The summed E-state index contributed by atoms with van der Waals surface area (Å²) in [5, 5.41) is 1.16. The van der Waals surface area contributed by atoms with Crippen molar-refractivity contribution in [3.05, 3.63) is 27.5 Å². The highest BCUT2D eigenvalue weighted by Gasteiger charge is 2.10. The molecule has 0 aliphatic carbocycles. The molecule has 1 aromatic heterocycles. The number of aromatic nitrogens is 1. The Morgan fingerprint density at radius 1 is 1.50 bits per heavy atom. The van der Waals surface area contributed by atoms with Crippen LogP contribution < -0.4 is 10.5 Å². The fourth-order valence-electron chi connectivity index (χ4n) is 2.00. The molecule has 0 aliphatic rings. The molecule has 0 atom stereocenters. The maximum Gasteiger partial charge on any atom is 0.217 e. The second kappa shape index (κ2) is 5.60. The van der Waals surface area contributed by atoms with Crippen molar-refractivity contribution in [2.45, 2.75) is 19.3 Å². The number of primary amides is 1. The van der Waals surface area contributed by atoms with E-state index in [4.69, 9.17) is 10.5 Å². The van der Waals surface area contributed by atoms with Crippen molar-refractivity contribution >= 4 is 39.4 Å². The molecule has 5 heteroatoms. The third kappa shape index (κ3) is 2.77. The number of benzene rings is 1. The molecule has 0 radical (unpaired) electrons. The summed E-state index contributed by atoms with van der Waals surface area (Å²) in [6, 6.07) is 5.96. The van der Waals surface area contributed by atoms with Crippen LogP contribution in [-0.4, -0.2) is 18.0 Å². The molecular formula is C13H15IN2O2. The van der Waals surface area contributed by atoms with E-state index in [1.165, 1.54) is 5.56 Å². The highest BCUT2D eigenvalue weighted by atomic mass is 127. The monoisotopic (exact) mass is 358 g/mol. The first-order valence-corrected chi connectivity index (χ1v) is 6.82. The molecule has 18 heavy (non-hydrogen) atoms. The molecule has 0 fully saturated rings. The van der Waals surface area contributed by atoms with E-state index in [0.717, 1.165) is 33.2 Å². The molecule has 0 saturated carbocycles. The Kier molecular flexibility index (Phi) is 4.11. The van der Waals surface area contributed by atoms with Gasteiger partial charge in [0.2, 0.25) is 5.91 Å². The predicted octanol–water partition coefficient (Wildman–Crippen LogP) is 2.59. The van der Waals surface area contributed by atoms with Crippen LogP contribution in [0.3, 0.4) is 0 Å². The standard InChI is InChI=1S/C13H15IN2O2/c1-18-8-5-6-11-10(7-8)9(13(14)16-11)3-2-4-12(15)17/h5-7,16H,2-4H2,1H3,(H2,15,17). The number of hydrogen-bond acceptors (Lipinski definition) is 2. The van der Waals surface area contributed by atoms with Crippen LogP contribution in [0.5, 0.6) is 5.75 Å². The number of ether oxygens (including phenoxy) is 1. The molecule has 1 amide bonds. The number of aryl methyl sites for hydroxylation is 1. The van der Waals surface area contributed by atoms with Gasteiger partial charge >= 0.3 is 0 Å². The molecule has 1 aromatic carbocycles. The van der Waals surface area contributed by atoms with Crippen LogP contribution >= 0.6 is 22.6 Å². The zero-order chi connectivity index (χ0) is 13.1. The minimum atomic E-state index is -0.248. The maximum atomic E-state index is 10.8. The smallest absolute Gasteiger partial charge is 0.217 e. The number of carbonyl (C=O) groups is 1. The van der Waals surface area contributed by atoms with Crippen molar-refractivity contribution in [3.63, 3.8) is 0 Å². The Labute approximate surface area is 119 Å². The third-order valence-electron chi connectivity index (χ3n) is 2.91. The lowest BCUT2D eigenvalue weighted by Gasteiger charge is -2.02. The van der Waals surface area contributed by atoms with E-state index in [1.54, 1.807) is 7.11 Å². The van der Waals surface area contributed by atoms with Crippen molar-refractivity contribution in [2.75, 3.05) is 7.11 Å². The van der Waals surface area contributed by atoms with Gasteiger partial charge in [0, 0.05) is 17.3 Å². The van der Waals surface area contributed by atoms with Crippen molar-refractivity contribution < 1.29 is 9.53 Å². The van der Waals surface area contributed by atoms with Gasteiger partial charge in [-0.05, 0) is 59.2 Å². The Balaban J connectivity index is 2.29. The number of halogens is 1. The first-order chi connectivity index (χ1) is 8.61. The molecule has 0 aliphatic heterocycles. The lowest BCUT2D eigenvalue weighted by molar-refractivity contribution is -0.118. The van der Waals surface area contributed by atoms with E-state index < -0.39 is 0 Å². The van der Waals surface area contributed by atoms with Crippen molar-refractivity contribution in [3.8, 4) is 5.75 Å². The first kappa shape index (κ1) is 13.2. The van der Waals surface area contributed by atoms with Gasteiger partial charge in [-0.1, -0.05) is 0 Å². The second-order valence-electron chi connectivity index (χ2n) is 4.15. The van der Waals surface area contributed by atoms with Gasteiger partial charge in [-0.3, -0.25) is 4.79 Å². The quantitative estimate of drug-likeness (QED) is 0.807. The Morgan fingerprint density at radius 2 is 2.28 bits per heavy atom. The van der Waals surface area contributed by atoms with Crippen LogP contribution in [0.15, 0.2) is 18.2 Å². The maximum absolute atomic E-state index is 10.8. The number of amides is 1. The van der Waals surface area contributed by atoms with Gasteiger partial charge in [0.05, 0.1) is 10.8 Å². The number of rotatable bonds is 5. The van der Waals surface area contributed by atoms with Gasteiger partial charge < -0.3 is 15.5 Å². The highest BCUT2D eigenvalue weighted by Crippen LogP contribution is 2.28. The minimum absolute atomic E-state index is 0.248. The Bertz CT molecular complexity index is 578. The molecule has 0 saturated heterocycles. The Morgan fingerprint density at radius 3 is 2.94 bits per heavy atom. The molecule has 0 bridgehead atoms. The molecule has 2 aromatic rings. The Hall–Kier alpha value is -1.24. The summed E-state index contributed by atoms with van der Waals surface area (Å²) in [5.41, 5.74) is 7.48. The lowest BCUT2D eigenvalue weighted by Crippen LogP contribution is -2.10. The molecule has 2 rings (SSSR count). The van der Waals surface area contributed by atoms with Gasteiger partial charge in [-0.25, -0.2) is 0 Å². The van der Waals surface area contributed by atoms with Gasteiger partial charge in [0.25, 0.3) is 0 Å². The summed E-state index contributed by atoms with van der Waals surface area (Å²) in [5.74, 6) is 0.594. The summed E-state index contributed by atoms with van der Waals surface area (Å²) in [6.07, 6.45) is 2.04.